The summed E-state index contributed by atoms with van der Waals surface area (Å²) < 4.78 is 14.6. The van der Waals surface area contributed by atoms with Crippen molar-refractivity contribution < 1.29 is 23.9 Å². The van der Waals surface area contributed by atoms with Gasteiger partial charge in [0, 0.05) is 23.9 Å². The lowest BCUT2D eigenvalue weighted by Crippen LogP contribution is -2.34. The molecule has 0 aromatic rings. The lowest BCUT2D eigenvalue weighted by molar-refractivity contribution is -0.515. The zero-order valence-electron chi connectivity index (χ0n) is 10.9. The van der Waals surface area contributed by atoms with Crippen LogP contribution in [0.5, 0.6) is 0 Å². The van der Waals surface area contributed by atoms with E-state index >= 15 is 0 Å². The molecule has 2 aliphatic rings. The lowest BCUT2D eigenvalue weighted by Gasteiger charge is -2.13. The topological polar surface area (TPSA) is 87.9 Å². The molecule has 2 rings (SSSR count). The number of rotatable bonds is 7. The molecule has 0 aromatic heterocycles. The smallest absolute Gasteiger partial charge is 0.381 e. The molecule has 7 nitrogen and oxygen atoms in total. The number of nitrogens with zero attached hydrogens (tertiary/aromatic N) is 1. The van der Waals surface area contributed by atoms with Crippen LogP contribution < -0.4 is 0 Å². The van der Waals surface area contributed by atoms with Gasteiger partial charge in [-0.25, -0.2) is 4.79 Å². The summed E-state index contributed by atoms with van der Waals surface area (Å²) in [6.07, 6.45) is 3.94. The van der Waals surface area contributed by atoms with Crippen molar-refractivity contribution >= 4 is 5.97 Å². The maximum Gasteiger partial charge on any atom is 0.381 e. The van der Waals surface area contributed by atoms with Gasteiger partial charge in [0.15, 0.2) is 0 Å². The van der Waals surface area contributed by atoms with Crippen LogP contribution in [0.3, 0.4) is 0 Å². The van der Waals surface area contributed by atoms with E-state index in [1.54, 1.807) is 0 Å². The largest absolute Gasteiger partial charge is 0.464 e. The van der Waals surface area contributed by atoms with Gasteiger partial charge >= 0.3 is 12.0 Å². The van der Waals surface area contributed by atoms with Crippen LogP contribution >= 0.6 is 0 Å². The molecular weight excluding hydrogens is 254 g/mol. The third-order valence-electron chi connectivity index (χ3n) is 3.81. The summed E-state index contributed by atoms with van der Waals surface area (Å²) in [4.78, 5) is 22.0. The lowest BCUT2D eigenvalue weighted by atomic mass is 10.0. The zero-order valence-corrected chi connectivity index (χ0v) is 10.9. The molecule has 0 spiro atoms. The minimum Gasteiger partial charge on any atom is -0.464 e. The fourth-order valence-corrected chi connectivity index (χ4v) is 2.97. The highest BCUT2D eigenvalue weighted by atomic mass is 16.7. The molecule has 0 amide bonds. The second kappa shape index (κ2) is 5.66. The summed E-state index contributed by atoms with van der Waals surface area (Å²) in [6.45, 7) is 0.648. The molecule has 0 N–H and O–H groups in total. The minimum atomic E-state index is -1.27. The van der Waals surface area contributed by atoms with E-state index < -0.39 is 16.9 Å². The third kappa shape index (κ3) is 2.62. The molecule has 0 aliphatic heterocycles. The maximum atomic E-state index is 11.5. The van der Waals surface area contributed by atoms with Crippen LogP contribution in [-0.2, 0) is 19.0 Å². The van der Waals surface area contributed by atoms with Gasteiger partial charge in [0.2, 0.25) is 0 Å². The second-order valence-electron chi connectivity index (χ2n) is 4.81. The average Bonchev–Trinajstić information content (AvgIpc) is 2.90. The van der Waals surface area contributed by atoms with E-state index in [1.807, 2.05) is 12.2 Å². The van der Waals surface area contributed by atoms with Gasteiger partial charge in [-0.2, -0.15) is 0 Å². The first-order chi connectivity index (χ1) is 9.11. The van der Waals surface area contributed by atoms with Gasteiger partial charge in [-0.15, -0.1) is 0 Å². The number of carbonyl (C=O) groups is 1. The normalized spacial score (nSPS) is 32.7. The predicted molar refractivity (Wildman–Crippen MR) is 63.7 cm³/mol. The maximum absolute atomic E-state index is 11.5. The number of nitro groups is 1. The van der Waals surface area contributed by atoms with Crippen molar-refractivity contribution in [3.8, 4) is 0 Å². The Balaban J connectivity index is 1.96. The Labute approximate surface area is 110 Å². The fraction of sp³-hybridized carbons (Fsp3) is 0.750. The van der Waals surface area contributed by atoms with Gasteiger partial charge < -0.3 is 14.2 Å². The molecule has 1 saturated carbocycles. The van der Waals surface area contributed by atoms with Gasteiger partial charge in [0.1, 0.15) is 6.79 Å². The van der Waals surface area contributed by atoms with E-state index in [4.69, 9.17) is 9.47 Å². The van der Waals surface area contributed by atoms with Crippen molar-refractivity contribution in [2.75, 3.05) is 27.6 Å². The monoisotopic (exact) mass is 271 g/mol. The molecule has 0 heterocycles. The van der Waals surface area contributed by atoms with Gasteiger partial charge in [-0.05, 0) is 11.8 Å². The average molecular weight is 271 g/mol. The molecule has 0 aromatic carbocycles. The molecular formula is C12H17NO6. The molecule has 0 saturated heterocycles. The number of allylic oxidation sites excluding steroid dienone is 1. The SMILES string of the molecule is COCOC[C@@H]1C=C[C@@H]2[C@@H](C(C(=O)OC)[N+](=O)[O-])[C@@H]21. The van der Waals surface area contributed by atoms with Gasteiger partial charge in [0.05, 0.1) is 13.7 Å². The van der Waals surface area contributed by atoms with Crippen molar-refractivity contribution in [3.05, 3.63) is 22.3 Å². The summed E-state index contributed by atoms with van der Waals surface area (Å²) >= 11 is 0. The van der Waals surface area contributed by atoms with Crippen molar-refractivity contribution in [2.45, 2.75) is 6.04 Å². The van der Waals surface area contributed by atoms with Crippen LogP contribution in [-0.4, -0.2) is 44.6 Å². The first-order valence-corrected chi connectivity index (χ1v) is 6.08. The molecule has 1 unspecified atom stereocenters. The Kier molecular flexibility index (Phi) is 4.16. The highest BCUT2D eigenvalue weighted by Crippen LogP contribution is 2.58. The number of ether oxygens (including phenoxy) is 3. The summed E-state index contributed by atoms with van der Waals surface area (Å²) in [6, 6.07) is -1.27. The van der Waals surface area contributed by atoms with E-state index in [-0.39, 0.29) is 30.5 Å². The van der Waals surface area contributed by atoms with Crippen molar-refractivity contribution in [1.82, 2.24) is 0 Å². The van der Waals surface area contributed by atoms with Crippen LogP contribution in [0.25, 0.3) is 0 Å². The van der Waals surface area contributed by atoms with E-state index in [9.17, 15) is 14.9 Å². The highest BCUT2D eigenvalue weighted by molar-refractivity contribution is 5.75. The van der Waals surface area contributed by atoms with Gasteiger partial charge in [-0.3, -0.25) is 10.1 Å². The number of fused-ring (bicyclic) bond motifs is 1. The van der Waals surface area contributed by atoms with Crippen LogP contribution in [0.15, 0.2) is 12.2 Å². The Morgan fingerprint density at radius 3 is 2.74 bits per heavy atom. The number of carbonyl (C=O) groups excluding carboxylic acids is 1. The van der Waals surface area contributed by atoms with Crippen LogP contribution in [0, 0.1) is 33.8 Å². The van der Waals surface area contributed by atoms with Gasteiger partial charge in [0.25, 0.3) is 0 Å². The van der Waals surface area contributed by atoms with Crippen molar-refractivity contribution in [2.24, 2.45) is 23.7 Å². The third-order valence-corrected chi connectivity index (χ3v) is 3.81. The van der Waals surface area contributed by atoms with Gasteiger partial charge in [-0.1, -0.05) is 12.2 Å². The fourth-order valence-electron chi connectivity index (χ4n) is 2.97. The molecule has 0 radical (unpaired) electrons. The number of hydrogen-bond acceptors (Lipinski definition) is 6. The molecule has 1 fully saturated rings. The van der Waals surface area contributed by atoms with E-state index in [2.05, 4.69) is 4.74 Å². The Bertz CT molecular complexity index is 396. The molecule has 106 valence electrons. The summed E-state index contributed by atoms with van der Waals surface area (Å²) in [5.41, 5.74) is 0. The van der Waals surface area contributed by atoms with Crippen LogP contribution in [0.1, 0.15) is 0 Å². The Hall–Kier alpha value is -1.47. The molecule has 7 heteroatoms. The summed E-state index contributed by atoms with van der Waals surface area (Å²) in [7, 11) is 2.71. The van der Waals surface area contributed by atoms with Crippen LogP contribution in [0.4, 0.5) is 0 Å². The highest BCUT2D eigenvalue weighted by Gasteiger charge is 2.65. The number of hydrogen-bond donors (Lipinski definition) is 0. The summed E-state index contributed by atoms with van der Waals surface area (Å²) in [5, 5.41) is 11.0. The number of methoxy groups -OCH3 is 2. The van der Waals surface area contributed by atoms with Crippen LogP contribution in [0.2, 0.25) is 0 Å². The molecule has 0 bridgehead atoms. The molecule has 2 aliphatic carbocycles. The molecule has 5 atom stereocenters. The molecule has 19 heavy (non-hydrogen) atoms. The van der Waals surface area contributed by atoms with Crippen molar-refractivity contribution in [1.29, 1.82) is 0 Å². The standard InChI is InChI=1S/C12H17NO6/c1-17-6-19-5-7-3-4-8-9(7)10(8)11(13(15)16)12(14)18-2/h3-4,7-11H,5-6H2,1-2H3/t7-,8-,9+,10+,11?/m0/s1. The second-order valence-corrected chi connectivity index (χ2v) is 4.81. The van der Waals surface area contributed by atoms with E-state index in [0.717, 1.165) is 0 Å². The predicted octanol–water partition coefficient (Wildman–Crippen LogP) is 0.473. The Morgan fingerprint density at radius 1 is 1.42 bits per heavy atom. The quantitative estimate of drug-likeness (QED) is 0.167. The first kappa shape index (κ1) is 14.0. The number of esters is 1. The van der Waals surface area contributed by atoms with E-state index in [1.165, 1.54) is 14.2 Å². The van der Waals surface area contributed by atoms with E-state index in [0.29, 0.717) is 6.61 Å². The zero-order chi connectivity index (χ0) is 14.0. The van der Waals surface area contributed by atoms with Crippen molar-refractivity contribution in [3.63, 3.8) is 0 Å². The Morgan fingerprint density at radius 2 is 2.16 bits per heavy atom. The first-order valence-electron chi connectivity index (χ1n) is 6.08. The minimum absolute atomic E-state index is 0.0886. The summed E-state index contributed by atoms with van der Waals surface area (Å²) in [5.74, 6) is -0.743.